The van der Waals surface area contributed by atoms with E-state index in [4.69, 9.17) is 15.2 Å². The molecule has 3 rings (SSSR count). The molecular weight excluding hydrogens is 256 g/mol. The maximum atomic E-state index is 12.4. The van der Waals surface area contributed by atoms with Crippen LogP contribution in [0.1, 0.15) is 32.6 Å². The lowest BCUT2D eigenvalue weighted by Crippen LogP contribution is -2.51. The molecule has 0 saturated heterocycles. The summed E-state index contributed by atoms with van der Waals surface area (Å²) in [5.74, 6) is 1.24. The van der Waals surface area contributed by atoms with E-state index >= 15 is 0 Å². The zero-order valence-corrected chi connectivity index (χ0v) is 11.6. The Hall–Kier alpha value is -1.75. The number of benzene rings is 1. The van der Waals surface area contributed by atoms with Crippen molar-refractivity contribution in [1.29, 1.82) is 0 Å². The van der Waals surface area contributed by atoms with Gasteiger partial charge in [0.15, 0.2) is 11.5 Å². The smallest absolute Gasteiger partial charge is 0.231 e. The fourth-order valence-electron chi connectivity index (χ4n) is 2.99. The summed E-state index contributed by atoms with van der Waals surface area (Å²) in [6.07, 6.45) is 3.91. The first-order valence-corrected chi connectivity index (χ1v) is 7.06. The van der Waals surface area contributed by atoms with Gasteiger partial charge in [0, 0.05) is 17.3 Å². The van der Waals surface area contributed by atoms with E-state index in [1.54, 1.807) is 12.1 Å². The van der Waals surface area contributed by atoms with Gasteiger partial charge < -0.3 is 20.5 Å². The second-order valence-electron chi connectivity index (χ2n) is 5.86. The van der Waals surface area contributed by atoms with E-state index in [2.05, 4.69) is 5.32 Å². The average Bonchev–Trinajstić information content (AvgIpc) is 2.85. The molecule has 0 bridgehead atoms. The van der Waals surface area contributed by atoms with Crippen LogP contribution < -0.4 is 20.5 Å². The largest absolute Gasteiger partial charge is 0.454 e. The Balaban J connectivity index is 1.72. The van der Waals surface area contributed by atoms with Crippen molar-refractivity contribution in [2.45, 2.75) is 38.1 Å². The first-order valence-electron chi connectivity index (χ1n) is 7.06. The Kier molecular flexibility index (Phi) is 3.30. The van der Waals surface area contributed by atoms with E-state index in [0.717, 1.165) is 31.4 Å². The van der Waals surface area contributed by atoms with E-state index in [1.807, 2.05) is 13.0 Å². The van der Waals surface area contributed by atoms with Crippen LogP contribution >= 0.6 is 0 Å². The average molecular weight is 276 g/mol. The molecule has 5 heteroatoms. The van der Waals surface area contributed by atoms with Gasteiger partial charge in [0.2, 0.25) is 12.7 Å². The van der Waals surface area contributed by atoms with Crippen LogP contribution in [0.3, 0.4) is 0 Å². The first kappa shape index (κ1) is 13.2. The molecule has 1 fully saturated rings. The van der Waals surface area contributed by atoms with Gasteiger partial charge in [-0.1, -0.05) is 12.8 Å². The molecular formula is C15H20N2O3. The number of hydrogen-bond donors (Lipinski definition) is 2. The van der Waals surface area contributed by atoms with Crippen LogP contribution in [-0.2, 0) is 4.79 Å². The summed E-state index contributed by atoms with van der Waals surface area (Å²) in [6, 6.07) is 5.42. The highest BCUT2D eigenvalue weighted by Gasteiger charge is 2.37. The zero-order valence-electron chi connectivity index (χ0n) is 11.6. The van der Waals surface area contributed by atoms with E-state index < -0.39 is 5.54 Å². The molecule has 0 aromatic heterocycles. The number of carbonyl (C=O) groups excluding carboxylic acids is 1. The van der Waals surface area contributed by atoms with Gasteiger partial charge in [-0.3, -0.25) is 4.79 Å². The summed E-state index contributed by atoms with van der Waals surface area (Å²) in [7, 11) is 0. The Labute approximate surface area is 118 Å². The first-order chi connectivity index (χ1) is 9.56. The summed E-state index contributed by atoms with van der Waals surface area (Å²) in [6.45, 7) is 2.20. The maximum absolute atomic E-state index is 12.4. The van der Waals surface area contributed by atoms with Crippen molar-refractivity contribution in [3.8, 4) is 11.5 Å². The number of carbonyl (C=O) groups is 1. The Bertz CT molecular complexity index is 528. The van der Waals surface area contributed by atoms with Crippen LogP contribution in [0.4, 0.5) is 5.69 Å². The lowest BCUT2D eigenvalue weighted by atomic mass is 9.74. The molecule has 1 aromatic rings. The minimum atomic E-state index is -0.418. The summed E-state index contributed by atoms with van der Waals surface area (Å²) in [5.41, 5.74) is 6.57. The third-order valence-electron chi connectivity index (χ3n) is 4.21. The lowest BCUT2D eigenvalue weighted by Gasteiger charge is -2.37. The SMILES string of the molecule is CC1(N)CCCCC1C(=O)Nc1ccc2c(c1)OCO2. The Morgan fingerprint density at radius 2 is 2.15 bits per heavy atom. The highest BCUT2D eigenvalue weighted by atomic mass is 16.7. The van der Waals surface area contributed by atoms with Crippen molar-refractivity contribution in [2.75, 3.05) is 12.1 Å². The van der Waals surface area contributed by atoms with Crippen molar-refractivity contribution in [3.63, 3.8) is 0 Å². The van der Waals surface area contributed by atoms with Crippen LogP contribution in [0.5, 0.6) is 11.5 Å². The van der Waals surface area contributed by atoms with Crippen molar-refractivity contribution >= 4 is 11.6 Å². The van der Waals surface area contributed by atoms with Crippen LogP contribution in [0, 0.1) is 5.92 Å². The van der Waals surface area contributed by atoms with Crippen molar-refractivity contribution in [2.24, 2.45) is 11.7 Å². The van der Waals surface area contributed by atoms with Crippen molar-refractivity contribution < 1.29 is 14.3 Å². The fourth-order valence-corrected chi connectivity index (χ4v) is 2.99. The Morgan fingerprint density at radius 3 is 2.95 bits per heavy atom. The third-order valence-corrected chi connectivity index (χ3v) is 4.21. The molecule has 2 aliphatic rings. The summed E-state index contributed by atoms with van der Waals surface area (Å²) in [5, 5.41) is 2.94. The number of fused-ring (bicyclic) bond motifs is 1. The molecule has 3 N–H and O–H groups in total. The topological polar surface area (TPSA) is 73.6 Å². The minimum Gasteiger partial charge on any atom is -0.454 e. The second kappa shape index (κ2) is 4.98. The van der Waals surface area contributed by atoms with Gasteiger partial charge in [0.1, 0.15) is 0 Å². The van der Waals surface area contributed by atoms with Gasteiger partial charge in [-0.05, 0) is 31.9 Å². The maximum Gasteiger partial charge on any atom is 0.231 e. The molecule has 2 unspecified atom stereocenters. The fraction of sp³-hybridized carbons (Fsp3) is 0.533. The summed E-state index contributed by atoms with van der Waals surface area (Å²) < 4.78 is 10.6. The molecule has 1 aromatic carbocycles. The molecule has 2 atom stereocenters. The highest BCUT2D eigenvalue weighted by Crippen LogP contribution is 2.36. The third kappa shape index (κ3) is 2.45. The van der Waals surface area contributed by atoms with Gasteiger partial charge in [-0.25, -0.2) is 0 Å². The monoisotopic (exact) mass is 276 g/mol. The molecule has 20 heavy (non-hydrogen) atoms. The van der Waals surface area contributed by atoms with Crippen LogP contribution in [0.15, 0.2) is 18.2 Å². The number of amides is 1. The minimum absolute atomic E-state index is 0.00596. The molecule has 1 heterocycles. The molecule has 0 spiro atoms. The number of ether oxygens (including phenoxy) is 2. The molecule has 1 aliphatic carbocycles. The number of nitrogens with two attached hydrogens (primary N) is 1. The summed E-state index contributed by atoms with van der Waals surface area (Å²) in [4.78, 5) is 12.4. The van der Waals surface area contributed by atoms with Gasteiger partial charge in [0.05, 0.1) is 5.92 Å². The quantitative estimate of drug-likeness (QED) is 0.869. The van der Waals surface area contributed by atoms with Gasteiger partial charge in [0.25, 0.3) is 0 Å². The van der Waals surface area contributed by atoms with E-state index in [9.17, 15) is 4.79 Å². The van der Waals surface area contributed by atoms with Gasteiger partial charge in [-0.2, -0.15) is 0 Å². The molecule has 0 radical (unpaired) electrons. The second-order valence-corrected chi connectivity index (χ2v) is 5.86. The summed E-state index contributed by atoms with van der Waals surface area (Å²) >= 11 is 0. The van der Waals surface area contributed by atoms with Crippen LogP contribution in [0.25, 0.3) is 0 Å². The normalized spacial score (nSPS) is 28.2. The van der Waals surface area contributed by atoms with Crippen LogP contribution in [0.2, 0.25) is 0 Å². The predicted molar refractivity (Wildman–Crippen MR) is 75.7 cm³/mol. The van der Waals surface area contributed by atoms with E-state index in [0.29, 0.717) is 11.5 Å². The zero-order chi connectivity index (χ0) is 14.2. The van der Waals surface area contributed by atoms with Gasteiger partial charge in [-0.15, -0.1) is 0 Å². The van der Waals surface area contributed by atoms with E-state index in [1.165, 1.54) is 0 Å². The molecule has 1 amide bonds. The Morgan fingerprint density at radius 1 is 1.35 bits per heavy atom. The standard InChI is InChI=1S/C15H20N2O3/c1-15(16)7-3-2-4-11(15)14(18)17-10-5-6-12-13(8-10)20-9-19-12/h5-6,8,11H,2-4,7,9,16H2,1H3,(H,17,18). The molecule has 108 valence electrons. The molecule has 1 aliphatic heterocycles. The number of anilines is 1. The van der Waals surface area contributed by atoms with Gasteiger partial charge >= 0.3 is 0 Å². The van der Waals surface area contributed by atoms with Crippen molar-refractivity contribution in [3.05, 3.63) is 18.2 Å². The predicted octanol–water partition coefficient (Wildman–Crippen LogP) is 2.26. The molecule has 1 saturated carbocycles. The number of hydrogen-bond acceptors (Lipinski definition) is 4. The van der Waals surface area contributed by atoms with Crippen molar-refractivity contribution in [1.82, 2.24) is 0 Å². The molecule has 5 nitrogen and oxygen atoms in total. The number of rotatable bonds is 2. The number of nitrogens with one attached hydrogen (secondary N) is 1. The van der Waals surface area contributed by atoms with Crippen LogP contribution in [-0.4, -0.2) is 18.2 Å². The highest BCUT2D eigenvalue weighted by molar-refractivity contribution is 5.93. The van der Waals surface area contributed by atoms with E-state index in [-0.39, 0.29) is 18.6 Å². The lowest BCUT2D eigenvalue weighted by molar-refractivity contribution is -0.122.